The number of benzene rings is 1. The van der Waals surface area contributed by atoms with Crippen LogP contribution in [0, 0.1) is 0 Å². The molecule has 29 heavy (non-hydrogen) atoms. The zero-order valence-electron chi connectivity index (χ0n) is 16.1. The molecule has 0 bridgehead atoms. The van der Waals surface area contributed by atoms with Crippen LogP contribution in [0.1, 0.15) is 41.6 Å². The van der Waals surface area contributed by atoms with Gasteiger partial charge in [0.25, 0.3) is 5.91 Å². The number of hydrogen-bond donors (Lipinski definition) is 2. The molecular formula is C18H23N5O4S2. The molecule has 1 aromatic carbocycles. The van der Waals surface area contributed by atoms with Crippen molar-refractivity contribution < 1.29 is 18.0 Å². The molecule has 9 nitrogen and oxygen atoms in total. The van der Waals surface area contributed by atoms with E-state index >= 15 is 0 Å². The van der Waals surface area contributed by atoms with E-state index in [1.807, 2.05) is 0 Å². The van der Waals surface area contributed by atoms with Crippen LogP contribution in [0.4, 0.5) is 5.13 Å². The number of aryl methyl sites for hydroxylation is 1. The summed E-state index contributed by atoms with van der Waals surface area (Å²) in [5.41, 5.74) is 0.190. The van der Waals surface area contributed by atoms with E-state index in [0.29, 0.717) is 5.13 Å². The standard InChI is InChI=1S/C18H23N5O4S2/c1-2-3-4-8-16-21-22-18(28-16)20-17(25)13-6-5-7-14(11-13)29(26,27)23-10-9-19-15(24)12-23/h5-7,11H,2-4,8-10,12H2,1H3,(H,19,24)(H,20,22,25). The van der Waals surface area contributed by atoms with Crippen molar-refractivity contribution in [3.8, 4) is 0 Å². The summed E-state index contributed by atoms with van der Waals surface area (Å²) in [6.45, 7) is 2.34. The second-order valence-corrected chi connectivity index (χ2v) is 9.63. The predicted molar refractivity (Wildman–Crippen MR) is 109 cm³/mol. The molecule has 2 aromatic rings. The summed E-state index contributed by atoms with van der Waals surface area (Å²) in [6.07, 6.45) is 4.07. The first-order valence-corrected chi connectivity index (χ1v) is 11.7. The van der Waals surface area contributed by atoms with Crippen molar-refractivity contribution in [1.82, 2.24) is 19.8 Å². The summed E-state index contributed by atoms with van der Waals surface area (Å²) in [5.74, 6) is -0.811. The van der Waals surface area contributed by atoms with E-state index in [1.165, 1.54) is 35.6 Å². The topological polar surface area (TPSA) is 121 Å². The van der Waals surface area contributed by atoms with Gasteiger partial charge in [-0.05, 0) is 24.6 Å². The second kappa shape index (κ2) is 9.42. The molecule has 11 heteroatoms. The SMILES string of the molecule is CCCCCc1nnc(NC(=O)c2cccc(S(=O)(=O)N3CCNC(=O)C3)c2)s1. The Morgan fingerprint density at radius 3 is 2.90 bits per heavy atom. The summed E-state index contributed by atoms with van der Waals surface area (Å²) in [7, 11) is -3.87. The number of sulfonamides is 1. The third-order valence-corrected chi connectivity index (χ3v) is 7.16. The number of hydrogen-bond acceptors (Lipinski definition) is 7. The Hall–Kier alpha value is -2.37. The molecule has 2 N–H and O–H groups in total. The minimum Gasteiger partial charge on any atom is -0.354 e. The van der Waals surface area contributed by atoms with Gasteiger partial charge in [0.1, 0.15) is 5.01 Å². The van der Waals surface area contributed by atoms with Crippen LogP contribution in [-0.4, -0.2) is 54.4 Å². The van der Waals surface area contributed by atoms with Crippen LogP contribution in [0.2, 0.25) is 0 Å². The van der Waals surface area contributed by atoms with Crippen LogP contribution in [0.5, 0.6) is 0 Å². The van der Waals surface area contributed by atoms with Crippen LogP contribution in [0.3, 0.4) is 0 Å². The number of nitrogens with zero attached hydrogens (tertiary/aromatic N) is 3. The third-order valence-electron chi connectivity index (χ3n) is 4.42. The van der Waals surface area contributed by atoms with E-state index in [1.54, 1.807) is 0 Å². The first-order valence-electron chi connectivity index (χ1n) is 9.41. The molecule has 2 heterocycles. The van der Waals surface area contributed by atoms with Crippen molar-refractivity contribution in [3.05, 3.63) is 34.8 Å². The number of unbranched alkanes of at least 4 members (excludes halogenated alkanes) is 2. The third kappa shape index (κ3) is 5.37. The van der Waals surface area contributed by atoms with Crippen molar-refractivity contribution in [2.75, 3.05) is 25.0 Å². The molecule has 0 atom stereocenters. The molecule has 1 aliphatic heterocycles. The Bertz CT molecular complexity index is 990. The average molecular weight is 438 g/mol. The first kappa shape index (κ1) is 21.3. The lowest BCUT2D eigenvalue weighted by atomic mass is 10.2. The summed E-state index contributed by atoms with van der Waals surface area (Å²) in [5, 5.41) is 14.5. The Morgan fingerprint density at radius 1 is 1.31 bits per heavy atom. The molecule has 2 amide bonds. The number of aromatic nitrogens is 2. The van der Waals surface area contributed by atoms with Crippen LogP contribution in [-0.2, 0) is 21.2 Å². The molecule has 1 saturated heterocycles. The predicted octanol–water partition coefficient (Wildman–Crippen LogP) is 1.64. The van der Waals surface area contributed by atoms with Gasteiger partial charge in [-0.1, -0.05) is 37.2 Å². The molecule has 156 valence electrons. The van der Waals surface area contributed by atoms with E-state index < -0.39 is 15.9 Å². The maximum atomic E-state index is 12.8. The van der Waals surface area contributed by atoms with Gasteiger partial charge in [0.2, 0.25) is 21.1 Å². The van der Waals surface area contributed by atoms with Gasteiger partial charge in [-0.15, -0.1) is 10.2 Å². The molecule has 1 aliphatic rings. The fraction of sp³-hybridized carbons (Fsp3) is 0.444. The van der Waals surface area contributed by atoms with Crippen molar-refractivity contribution in [2.24, 2.45) is 0 Å². The van der Waals surface area contributed by atoms with Gasteiger partial charge in [0.05, 0.1) is 11.4 Å². The molecule has 0 unspecified atom stereocenters. The highest BCUT2D eigenvalue weighted by Gasteiger charge is 2.29. The number of nitrogens with one attached hydrogen (secondary N) is 2. The highest BCUT2D eigenvalue weighted by molar-refractivity contribution is 7.89. The van der Waals surface area contributed by atoms with E-state index in [-0.39, 0.29) is 36.0 Å². The van der Waals surface area contributed by atoms with Gasteiger partial charge in [0, 0.05) is 25.1 Å². The minimum atomic E-state index is -3.87. The van der Waals surface area contributed by atoms with Gasteiger partial charge >= 0.3 is 0 Å². The largest absolute Gasteiger partial charge is 0.354 e. The summed E-state index contributed by atoms with van der Waals surface area (Å²) < 4.78 is 26.7. The Kier molecular flexibility index (Phi) is 6.93. The monoisotopic (exact) mass is 437 g/mol. The molecular weight excluding hydrogens is 414 g/mol. The van der Waals surface area contributed by atoms with Gasteiger partial charge < -0.3 is 5.32 Å². The summed E-state index contributed by atoms with van der Waals surface area (Å²) >= 11 is 1.31. The molecule has 0 aliphatic carbocycles. The maximum absolute atomic E-state index is 12.8. The lowest BCUT2D eigenvalue weighted by molar-refractivity contribution is -0.122. The van der Waals surface area contributed by atoms with Crippen molar-refractivity contribution in [3.63, 3.8) is 0 Å². The van der Waals surface area contributed by atoms with Crippen LogP contribution < -0.4 is 10.6 Å². The van der Waals surface area contributed by atoms with Crippen molar-refractivity contribution in [1.29, 1.82) is 0 Å². The van der Waals surface area contributed by atoms with E-state index in [0.717, 1.165) is 35.0 Å². The Labute approximate surface area is 173 Å². The fourth-order valence-electron chi connectivity index (χ4n) is 2.87. The molecule has 0 saturated carbocycles. The van der Waals surface area contributed by atoms with Crippen molar-refractivity contribution >= 4 is 38.3 Å². The second-order valence-electron chi connectivity index (χ2n) is 6.63. The van der Waals surface area contributed by atoms with Crippen molar-refractivity contribution in [2.45, 2.75) is 37.5 Å². The molecule has 0 spiro atoms. The smallest absolute Gasteiger partial charge is 0.257 e. The number of rotatable bonds is 8. The number of anilines is 1. The van der Waals surface area contributed by atoms with E-state index in [9.17, 15) is 18.0 Å². The number of amides is 2. The van der Waals surface area contributed by atoms with Crippen LogP contribution in [0.15, 0.2) is 29.2 Å². The van der Waals surface area contributed by atoms with Crippen LogP contribution >= 0.6 is 11.3 Å². The van der Waals surface area contributed by atoms with Gasteiger partial charge in [-0.2, -0.15) is 4.31 Å². The molecule has 0 radical (unpaired) electrons. The van der Waals surface area contributed by atoms with Gasteiger partial charge in [-0.25, -0.2) is 8.42 Å². The lowest BCUT2D eigenvalue weighted by Gasteiger charge is -2.26. The number of carbonyl (C=O) groups excluding carboxylic acids is 2. The zero-order valence-corrected chi connectivity index (χ0v) is 17.7. The molecule has 1 aromatic heterocycles. The number of carbonyl (C=O) groups is 2. The highest BCUT2D eigenvalue weighted by atomic mass is 32.2. The fourth-order valence-corrected chi connectivity index (χ4v) is 5.09. The zero-order chi connectivity index (χ0) is 20.9. The average Bonchev–Trinajstić information content (AvgIpc) is 3.15. The van der Waals surface area contributed by atoms with Gasteiger partial charge in [-0.3, -0.25) is 14.9 Å². The van der Waals surface area contributed by atoms with E-state index in [4.69, 9.17) is 0 Å². The van der Waals surface area contributed by atoms with Gasteiger partial charge in [0.15, 0.2) is 0 Å². The minimum absolute atomic E-state index is 0.0302. The molecule has 1 fully saturated rings. The number of piperazine rings is 1. The summed E-state index contributed by atoms with van der Waals surface area (Å²) in [6, 6.07) is 5.75. The normalized spacial score (nSPS) is 15.1. The lowest BCUT2D eigenvalue weighted by Crippen LogP contribution is -2.49. The Balaban J connectivity index is 1.70. The Morgan fingerprint density at radius 2 is 2.14 bits per heavy atom. The first-order chi connectivity index (χ1) is 13.9. The molecule has 3 rings (SSSR count). The highest BCUT2D eigenvalue weighted by Crippen LogP contribution is 2.21. The van der Waals surface area contributed by atoms with Crippen LogP contribution in [0.25, 0.3) is 0 Å². The summed E-state index contributed by atoms with van der Waals surface area (Å²) in [4.78, 5) is 24.0. The quantitative estimate of drug-likeness (QED) is 0.606. The maximum Gasteiger partial charge on any atom is 0.257 e. The van der Waals surface area contributed by atoms with E-state index in [2.05, 4.69) is 27.8 Å².